The summed E-state index contributed by atoms with van der Waals surface area (Å²) in [6.45, 7) is 4.06. The molecule has 0 unspecified atom stereocenters. The summed E-state index contributed by atoms with van der Waals surface area (Å²) in [5.74, 6) is 0.183. The zero-order valence-electron chi connectivity index (χ0n) is 9.06. The summed E-state index contributed by atoms with van der Waals surface area (Å²) in [4.78, 5) is 27.2. The average Bonchev–Trinajstić information content (AvgIpc) is 2.89. The minimum absolute atomic E-state index is 0.0942. The molecule has 0 radical (unpaired) electrons. The molecule has 1 aliphatic rings. The number of hydroxylamine groups is 2. The van der Waals surface area contributed by atoms with Crippen molar-refractivity contribution in [1.29, 1.82) is 0 Å². The van der Waals surface area contributed by atoms with Gasteiger partial charge in [0.2, 0.25) is 5.91 Å². The Morgan fingerprint density at radius 2 is 2.07 bits per heavy atom. The number of hydrogen-bond donors (Lipinski definition) is 0. The summed E-state index contributed by atoms with van der Waals surface area (Å²) in [6.07, 6.45) is 0.886. The van der Waals surface area contributed by atoms with Gasteiger partial charge in [-0.25, -0.2) is 5.06 Å². The molecule has 0 saturated heterocycles. The molecule has 0 N–H and O–H groups in total. The molecule has 1 aliphatic carbocycles. The Morgan fingerprint density at radius 1 is 1.50 bits per heavy atom. The smallest absolute Gasteiger partial charge is 0.249 e. The fourth-order valence-electron chi connectivity index (χ4n) is 2.02. The first kappa shape index (κ1) is 11.2. The molecule has 0 aromatic heterocycles. The summed E-state index contributed by atoms with van der Waals surface area (Å²) in [7, 11) is 3.01. The van der Waals surface area contributed by atoms with E-state index >= 15 is 0 Å². The predicted octanol–water partition coefficient (Wildman–Crippen LogP) is 0.723. The SMILES string of the molecule is CON(C)C(=O)[C@@H]1[C@@H](C=O)[C@@H]1C(C)C. The van der Waals surface area contributed by atoms with E-state index in [1.54, 1.807) is 7.05 Å². The molecule has 1 saturated carbocycles. The van der Waals surface area contributed by atoms with Crippen LogP contribution < -0.4 is 0 Å². The Hall–Kier alpha value is -0.900. The van der Waals surface area contributed by atoms with Crippen molar-refractivity contribution in [3.05, 3.63) is 0 Å². The molecule has 0 heterocycles. The topological polar surface area (TPSA) is 46.6 Å². The van der Waals surface area contributed by atoms with E-state index in [4.69, 9.17) is 4.84 Å². The number of aldehydes is 1. The fraction of sp³-hybridized carbons (Fsp3) is 0.800. The van der Waals surface area contributed by atoms with E-state index in [1.165, 1.54) is 12.2 Å². The Labute approximate surface area is 84.2 Å². The first-order valence-corrected chi connectivity index (χ1v) is 4.81. The molecule has 0 aromatic rings. The van der Waals surface area contributed by atoms with E-state index in [1.807, 2.05) is 13.8 Å². The van der Waals surface area contributed by atoms with Crippen LogP contribution in [0, 0.1) is 23.7 Å². The molecule has 0 bridgehead atoms. The van der Waals surface area contributed by atoms with Gasteiger partial charge in [0, 0.05) is 13.0 Å². The van der Waals surface area contributed by atoms with Crippen LogP contribution in [0.3, 0.4) is 0 Å². The van der Waals surface area contributed by atoms with Crippen molar-refractivity contribution in [2.45, 2.75) is 13.8 Å². The van der Waals surface area contributed by atoms with Crippen molar-refractivity contribution in [2.75, 3.05) is 14.2 Å². The van der Waals surface area contributed by atoms with Crippen molar-refractivity contribution in [3.8, 4) is 0 Å². The van der Waals surface area contributed by atoms with Crippen LogP contribution in [0.4, 0.5) is 0 Å². The van der Waals surface area contributed by atoms with Crippen LogP contribution in [-0.4, -0.2) is 31.4 Å². The van der Waals surface area contributed by atoms with Gasteiger partial charge in [0.15, 0.2) is 0 Å². The number of carbonyl (C=O) groups excluding carboxylic acids is 2. The van der Waals surface area contributed by atoms with E-state index < -0.39 is 0 Å². The van der Waals surface area contributed by atoms with Crippen molar-refractivity contribution >= 4 is 12.2 Å². The Bertz CT molecular complexity index is 240. The maximum absolute atomic E-state index is 11.7. The van der Waals surface area contributed by atoms with E-state index in [2.05, 4.69) is 0 Å². The molecule has 3 atom stereocenters. The normalized spacial score (nSPS) is 30.2. The van der Waals surface area contributed by atoms with E-state index in [-0.39, 0.29) is 23.7 Å². The minimum atomic E-state index is -0.169. The lowest BCUT2D eigenvalue weighted by atomic mass is 10.1. The molecular weight excluding hydrogens is 182 g/mol. The summed E-state index contributed by atoms with van der Waals surface area (Å²) < 4.78 is 0. The maximum Gasteiger partial charge on any atom is 0.249 e. The van der Waals surface area contributed by atoms with Crippen LogP contribution in [-0.2, 0) is 14.4 Å². The standard InChI is InChI=1S/C10H17NO3/c1-6(2)8-7(5-12)9(8)10(13)11(3)14-4/h5-9H,1-4H3/t7-,8-,9+/m0/s1. The zero-order chi connectivity index (χ0) is 10.9. The molecular formula is C10H17NO3. The second kappa shape index (κ2) is 4.09. The van der Waals surface area contributed by atoms with Crippen LogP contribution in [0.1, 0.15) is 13.8 Å². The molecule has 1 rings (SSSR count). The number of nitrogens with zero attached hydrogens (tertiary/aromatic N) is 1. The first-order chi connectivity index (χ1) is 6.54. The Morgan fingerprint density at radius 3 is 2.36 bits per heavy atom. The van der Waals surface area contributed by atoms with Crippen LogP contribution in [0.25, 0.3) is 0 Å². The lowest BCUT2D eigenvalue weighted by molar-refractivity contribution is -0.171. The quantitative estimate of drug-likeness (QED) is 0.495. The summed E-state index contributed by atoms with van der Waals surface area (Å²) in [6, 6.07) is 0. The molecule has 0 aliphatic heterocycles. The lowest BCUT2D eigenvalue weighted by Gasteiger charge is -2.13. The number of amides is 1. The third-order valence-electron chi connectivity index (χ3n) is 2.93. The van der Waals surface area contributed by atoms with Crippen molar-refractivity contribution in [3.63, 3.8) is 0 Å². The largest absolute Gasteiger partial charge is 0.303 e. The van der Waals surface area contributed by atoms with Crippen molar-refractivity contribution in [2.24, 2.45) is 23.7 Å². The molecule has 0 aromatic carbocycles. The first-order valence-electron chi connectivity index (χ1n) is 4.81. The maximum atomic E-state index is 11.7. The number of carbonyl (C=O) groups is 2. The summed E-state index contributed by atoms with van der Waals surface area (Å²) in [5, 5.41) is 1.20. The molecule has 14 heavy (non-hydrogen) atoms. The van der Waals surface area contributed by atoms with Gasteiger partial charge in [-0.05, 0) is 11.8 Å². The van der Waals surface area contributed by atoms with Crippen molar-refractivity contribution < 1.29 is 14.4 Å². The van der Waals surface area contributed by atoms with E-state index in [0.717, 1.165) is 6.29 Å². The van der Waals surface area contributed by atoms with Crippen LogP contribution in [0.2, 0.25) is 0 Å². The van der Waals surface area contributed by atoms with Gasteiger partial charge in [-0.3, -0.25) is 9.63 Å². The molecule has 0 spiro atoms. The van der Waals surface area contributed by atoms with Crippen molar-refractivity contribution in [1.82, 2.24) is 5.06 Å². The van der Waals surface area contributed by atoms with Gasteiger partial charge in [-0.1, -0.05) is 13.8 Å². The van der Waals surface area contributed by atoms with Gasteiger partial charge >= 0.3 is 0 Å². The zero-order valence-corrected chi connectivity index (χ0v) is 9.06. The Kier molecular flexibility index (Phi) is 3.26. The van der Waals surface area contributed by atoms with Crippen LogP contribution in [0.15, 0.2) is 0 Å². The molecule has 4 heteroatoms. The van der Waals surface area contributed by atoms with Gasteiger partial charge in [0.25, 0.3) is 0 Å². The third kappa shape index (κ3) is 1.80. The molecule has 1 amide bonds. The summed E-state index contributed by atoms with van der Waals surface area (Å²) in [5.41, 5.74) is 0. The van der Waals surface area contributed by atoms with Gasteiger partial charge in [0.05, 0.1) is 13.0 Å². The predicted molar refractivity (Wildman–Crippen MR) is 51.2 cm³/mol. The average molecular weight is 199 g/mol. The highest BCUT2D eigenvalue weighted by Crippen LogP contribution is 2.50. The van der Waals surface area contributed by atoms with Gasteiger partial charge in [-0.2, -0.15) is 0 Å². The van der Waals surface area contributed by atoms with Crippen LogP contribution >= 0.6 is 0 Å². The second-order valence-corrected chi connectivity index (χ2v) is 4.08. The van der Waals surface area contributed by atoms with Gasteiger partial charge in [0.1, 0.15) is 6.29 Å². The molecule has 4 nitrogen and oxygen atoms in total. The Balaban J connectivity index is 2.62. The van der Waals surface area contributed by atoms with Gasteiger partial charge < -0.3 is 4.79 Å². The minimum Gasteiger partial charge on any atom is -0.303 e. The monoisotopic (exact) mass is 199 g/mol. The second-order valence-electron chi connectivity index (χ2n) is 4.08. The van der Waals surface area contributed by atoms with E-state index in [9.17, 15) is 9.59 Å². The molecule has 1 fully saturated rings. The van der Waals surface area contributed by atoms with E-state index in [0.29, 0.717) is 5.92 Å². The summed E-state index contributed by atoms with van der Waals surface area (Å²) >= 11 is 0. The number of hydrogen-bond acceptors (Lipinski definition) is 3. The van der Waals surface area contributed by atoms with Crippen LogP contribution in [0.5, 0.6) is 0 Å². The third-order valence-corrected chi connectivity index (χ3v) is 2.93. The highest BCUT2D eigenvalue weighted by molar-refractivity contribution is 5.86. The fourth-order valence-corrected chi connectivity index (χ4v) is 2.02. The highest BCUT2D eigenvalue weighted by Gasteiger charge is 2.56. The lowest BCUT2D eigenvalue weighted by Crippen LogP contribution is -2.28. The molecule has 80 valence electrons. The van der Waals surface area contributed by atoms with Gasteiger partial charge in [-0.15, -0.1) is 0 Å². The highest BCUT2D eigenvalue weighted by atomic mass is 16.7. The number of rotatable bonds is 4.